The van der Waals surface area contributed by atoms with Gasteiger partial charge in [0.1, 0.15) is 0 Å². The Morgan fingerprint density at radius 2 is 1.53 bits per heavy atom. The van der Waals surface area contributed by atoms with Crippen LogP contribution in [-0.4, -0.2) is 35.2 Å². The number of esters is 1. The van der Waals surface area contributed by atoms with Crippen LogP contribution in [0.5, 0.6) is 0 Å². The summed E-state index contributed by atoms with van der Waals surface area (Å²) in [4.78, 5) is 33.3. The molecular weight excluding hydrogens is 252 g/mol. The zero-order valence-electron chi connectivity index (χ0n) is 11.3. The molecule has 0 aliphatic rings. The molecule has 6 heteroatoms. The molecule has 0 rings (SSSR count). The van der Waals surface area contributed by atoms with Gasteiger partial charge in [0.05, 0.1) is 19.1 Å². The van der Waals surface area contributed by atoms with Gasteiger partial charge in [0.2, 0.25) is 0 Å². The van der Waals surface area contributed by atoms with Gasteiger partial charge in [-0.15, -0.1) is 0 Å². The first-order chi connectivity index (χ1) is 8.93. The van der Waals surface area contributed by atoms with Crippen LogP contribution >= 0.6 is 0 Å². The molecule has 0 saturated heterocycles. The highest BCUT2D eigenvalue weighted by atomic mass is 16.5. The van der Waals surface area contributed by atoms with E-state index in [0.29, 0.717) is 6.42 Å². The Labute approximate surface area is 112 Å². The van der Waals surface area contributed by atoms with Crippen LogP contribution in [0.2, 0.25) is 0 Å². The number of hydrogen-bond acceptors (Lipinski definition) is 4. The summed E-state index contributed by atoms with van der Waals surface area (Å²) in [5.74, 6) is -3.44. The van der Waals surface area contributed by atoms with Gasteiger partial charge in [-0.25, -0.2) is 9.59 Å². The van der Waals surface area contributed by atoms with E-state index in [0.717, 1.165) is 26.4 Å². The zero-order valence-corrected chi connectivity index (χ0v) is 11.3. The number of carbonyl (C=O) groups excluding carboxylic acids is 1. The van der Waals surface area contributed by atoms with Crippen LogP contribution in [0.4, 0.5) is 0 Å². The highest BCUT2D eigenvalue weighted by Crippen LogP contribution is 2.18. The number of methoxy groups -OCH3 is 1. The maximum atomic E-state index is 11.1. The lowest BCUT2D eigenvalue weighted by Gasteiger charge is -2.08. The average molecular weight is 272 g/mol. The lowest BCUT2D eigenvalue weighted by Crippen LogP contribution is -2.15. The SMILES string of the molecule is CCCCCC/C(C(=O)O)=C(\CC(=O)OC)C(=O)O. The average Bonchev–Trinajstić information content (AvgIpc) is 2.35. The molecule has 6 nitrogen and oxygen atoms in total. The topological polar surface area (TPSA) is 101 Å². The van der Waals surface area contributed by atoms with Gasteiger partial charge >= 0.3 is 17.9 Å². The molecular formula is C13H20O6. The molecule has 0 bridgehead atoms. The molecule has 0 aliphatic carbocycles. The Balaban J connectivity index is 4.98. The van der Waals surface area contributed by atoms with E-state index >= 15 is 0 Å². The fourth-order valence-corrected chi connectivity index (χ4v) is 1.64. The number of carboxylic acid groups (broad SMARTS) is 2. The third-order valence-electron chi connectivity index (χ3n) is 2.71. The number of ether oxygens (including phenoxy) is 1. The predicted octanol–water partition coefficient (Wildman–Crippen LogP) is 1.99. The minimum absolute atomic E-state index is 0.147. The van der Waals surface area contributed by atoms with Crippen molar-refractivity contribution in [3.8, 4) is 0 Å². The van der Waals surface area contributed by atoms with E-state index in [9.17, 15) is 14.4 Å². The quantitative estimate of drug-likeness (QED) is 0.378. The fraction of sp³-hybridized carbons (Fsp3) is 0.615. The first kappa shape index (κ1) is 17.2. The van der Waals surface area contributed by atoms with Crippen molar-refractivity contribution in [1.29, 1.82) is 0 Å². The minimum Gasteiger partial charge on any atom is -0.478 e. The highest BCUT2D eigenvalue weighted by molar-refractivity contribution is 6.01. The third kappa shape index (κ3) is 6.59. The number of unbranched alkanes of at least 4 members (excludes halogenated alkanes) is 3. The second-order valence-corrected chi connectivity index (χ2v) is 4.13. The lowest BCUT2D eigenvalue weighted by atomic mass is 9.99. The summed E-state index contributed by atoms with van der Waals surface area (Å²) in [6, 6.07) is 0. The normalized spacial score (nSPS) is 11.7. The monoisotopic (exact) mass is 272 g/mol. The largest absolute Gasteiger partial charge is 0.478 e. The van der Waals surface area contributed by atoms with Gasteiger partial charge < -0.3 is 14.9 Å². The molecule has 0 spiro atoms. The Bertz CT molecular complexity index is 369. The van der Waals surface area contributed by atoms with Crippen LogP contribution in [0, 0.1) is 0 Å². The van der Waals surface area contributed by atoms with Crippen molar-refractivity contribution >= 4 is 17.9 Å². The number of carbonyl (C=O) groups is 3. The summed E-state index contributed by atoms with van der Waals surface area (Å²) in [6.45, 7) is 2.02. The molecule has 19 heavy (non-hydrogen) atoms. The molecule has 0 unspecified atom stereocenters. The van der Waals surface area contributed by atoms with Crippen molar-refractivity contribution in [2.75, 3.05) is 7.11 Å². The van der Waals surface area contributed by atoms with Crippen molar-refractivity contribution in [2.24, 2.45) is 0 Å². The first-order valence-electron chi connectivity index (χ1n) is 6.19. The van der Waals surface area contributed by atoms with Crippen LogP contribution in [0.25, 0.3) is 0 Å². The van der Waals surface area contributed by atoms with Crippen LogP contribution < -0.4 is 0 Å². The molecule has 0 fully saturated rings. The molecule has 0 heterocycles. The molecule has 0 amide bonds. The fourth-order valence-electron chi connectivity index (χ4n) is 1.64. The summed E-state index contributed by atoms with van der Waals surface area (Å²) < 4.78 is 4.37. The highest BCUT2D eigenvalue weighted by Gasteiger charge is 2.22. The second kappa shape index (κ2) is 9.13. The predicted molar refractivity (Wildman–Crippen MR) is 67.7 cm³/mol. The first-order valence-corrected chi connectivity index (χ1v) is 6.19. The van der Waals surface area contributed by atoms with E-state index in [-0.39, 0.29) is 12.0 Å². The smallest absolute Gasteiger partial charge is 0.332 e. The lowest BCUT2D eigenvalue weighted by molar-refractivity contribution is -0.142. The number of hydrogen-bond donors (Lipinski definition) is 2. The number of carboxylic acids is 2. The second-order valence-electron chi connectivity index (χ2n) is 4.13. The van der Waals surface area contributed by atoms with Crippen molar-refractivity contribution in [2.45, 2.75) is 45.4 Å². The van der Waals surface area contributed by atoms with Gasteiger partial charge in [0.25, 0.3) is 0 Å². The van der Waals surface area contributed by atoms with Gasteiger partial charge in [-0.2, -0.15) is 0 Å². The van der Waals surface area contributed by atoms with Crippen LogP contribution in [0.15, 0.2) is 11.1 Å². The molecule has 0 aromatic rings. The molecule has 0 aromatic heterocycles. The minimum atomic E-state index is -1.39. The molecule has 2 N–H and O–H groups in total. The van der Waals surface area contributed by atoms with E-state index in [4.69, 9.17) is 10.2 Å². The third-order valence-corrected chi connectivity index (χ3v) is 2.71. The maximum Gasteiger partial charge on any atom is 0.332 e. The van der Waals surface area contributed by atoms with Crippen molar-refractivity contribution < 1.29 is 29.3 Å². The van der Waals surface area contributed by atoms with E-state index in [1.54, 1.807) is 0 Å². The Morgan fingerprint density at radius 1 is 0.947 bits per heavy atom. The Hall–Kier alpha value is -1.85. The summed E-state index contributed by atoms with van der Waals surface area (Å²) in [6.07, 6.45) is 3.01. The van der Waals surface area contributed by atoms with Gasteiger partial charge in [-0.1, -0.05) is 26.2 Å². The van der Waals surface area contributed by atoms with Crippen LogP contribution in [0.1, 0.15) is 45.4 Å². The molecule has 108 valence electrons. The van der Waals surface area contributed by atoms with Gasteiger partial charge in [0, 0.05) is 5.57 Å². The summed E-state index contributed by atoms with van der Waals surface area (Å²) in [5.41, 5.74) is -0.607. The maximum absolute atomic E-state index is 11.1. The summed E-state index contributed by atoms with van der Waals surface area (Å²) in [7, 11) is 1.13. The Morgan fingerprint density at radius 3 is 1.95 bits per heavy atom. The molecule has 0 aromatic carbocycles. The number of aliphatic carboxylic acids is 2. The summed E-state index contributed by atoms with van der Waals surface area (Å²) in [5, 5.41) is 18.1. The van der Waals surface area contributed by atoms with Crippen molar-refractivity contribution in [1.82, 2.24) is 0 Å². The van der Waals surface area contributed by atoms with Crippen molar-refractivity contribution in [3.63, 3.8) is 0 Å². The zero-order chi connectivity index (χ0) is 14.8. The van der Waals surface area contributed by atoms with Crippen LogP contribution in [-0.2, 0) is 19.1 Å². The van der Waals surface area contributed by atoms with E-state index in [1.807, 2.05) is 6.92 Å². The van der Waals surface area contributed by atoms with E-state index in [2.05, 4.69) is 4.74 Å². The molecule has 0 aliphatic heterocycles. The molecule has 0 saturated carbocycles. The number of rotatable bonds is 9. The van der Waals surface area contributed by atoms with E-state index in [1.165, 1.54) is 0 Å². The molecule has 0 radical (unpaired) electrons. The van der Waals surface area contributed by atoms with Crippen LogP contribution in [0.3, 0.4) is 0 Å². The molecule has 0 atom stereocenters. The van der Waals surface area contributed by atoms with Gasteiger partial charge in [-0.3, -0.25) is 4.79 Å². The van der Waals surface area contributed by atoms with E-state index < -0.39 is 29.9 Å². The summed E-state index contributed by atoms with van der Waals surface area (Å²) >= 11 is 0. The Kier molecular flexibility index (Phi) is 8.24. The van der Waals surface area contributed by atoms with Gasteiger partial charge in [-0.05, 0) is 12.8 Å². The standard InChI is InChI=1S/C13H20O6/c1-3-4-5-6-7-9(12(15)16)10(13(17)18)8-11(14)19-2/h3-8H2,1-2H3,(H,15,16)(H,17,18)/b10-9-. The van der Waals surface area contributed by atoms with Gasteiger partial charge in [0.15, 0.2) is 0 Å². The van der Waals surface area contributed by atoms with Crippen molar-refractivity contribution in [3.05, 3.63) is 11.1 Å².